The Hall–Kier alpha value is -4.05. The molecule has 1 amide bonds. The average Bonchev–Trinajstić information content (AvgIpc) is 3.13. The van der Waals surface area contributed by atoms with Gasteiger partial charge in [0.05, 0.1) is 5.69 Å². The van der Waals surface area contributed by atoms with Gasteiger partial charge >= 0.3 is 6.09 Å². The lowest BCUT2D eigenvalue weighted by Crippen LogP contribution is -2.18. The van der Waals surface area contributed by atoms with Crippen LogP contribution in [0.3, 0.4) is 0 Å². The van der Waals surface area contributed by atoms with E-state index >= 15 is 0 Å². The molecule has 0 spiro atoms. The third-order valence-electron chi connectivity index (χ3n) is 5.69. The average molecular weight is 407 g/mol. The van der Waals surface area contributed by atoms with E-state index in [0.717, 1.165) is 22.3 Å². The van der Waals surface area contributed by atoms with E-state index in [1.54, 1.807) is 12.1 Å². The SMILES string of the molecule is O=C(Nc1ccc(-c2ccccc2)cc1O)OCC1c2ccccc2-c2ccccc21. The van der Waals surface area contributed by atoms with E-state index in [-0.39, 0.29) is 18.3 Å². The van der Waals surface area contributed by atoms with Crippen LogP contribution in [0.25, 0.3) is 22.3 Å². The molecule has 0 saturated carbocycles. The predicted octanol–water partition coefficient (Wildman–Crippen LogP) is 6.42. The van der Waals surface area contributed by atoms with Gasteiger partial charge in [0.2, 0.25) is 0 Å². The molecule has 4 aromatic rings. The number of fused-ring (bicyclic) bond motifs is 3. The number of anilines is 1. The Bertz CT molecular complexity index is 1200. The number of phenols is 1. The zero-order chi connectivity index (χ0) is 21.2. The summed E-state index contributed by atoms with van der Waals surface area (Å²) in [5, 5.41) is 13.0. The molecule has 152 valence electrons. The molecule has 2 N–H and O–H groups in total. The first kappa shape index (κ1) is 18.9. The molecule has 31 heavy (non-hydrogen) atoms. The molecule has 4 aromatic carbocycles. The van der Waals surface area contributed by atoms with Gasteiger partial charge < -0.3 is 9.84 Å². The number of carbonyl (C=O) groups is 1. The quantitative estimate of drug-likeness (QED) is 0.384. The molecule has 0 saturated heterocycles. The highest BCUT2D eigenvalue weighted by atomic mass is 16.5. The molecule has 0 aromatic heterocycles. The standard InChI is InChI=1S/C27H21NO3/c29-26-16-19(18-8-2-1-3-9-18)14-15-25(26)28-27(30)31-17-24-22-12-6-4-10-20(22)21-11-5-7-13-23(21)24/h1-16,24,29H,17H2,(H,28,30). The third-order valence-corrected chi connectivity index (χ3v) is 5.69. The van der Waals surface area contributed by atoms with Crippen LogP contribution in [0.15, 0.2) is 97.1 Å². The normalized spacial score (nSPS) is 12.1. The van der Waals surface area contributed by atoms with Gasteiger partial charge in [0.15, 0.2) is 0 Å². The van der Waals surface area contributed by atoms with Gasteiger partial charge in [-0.2, -0.15) is 0 Å². The van der Waals surface area contributed by atoms with Crippen molar-refractivity contribution in [1.82, 2.24) is 0 Å². The maximum absolute atomic E-state index is 12.5. The van der Waals surface area contributed by atoms with E-state index in [1.807, 2.05) is 60.7 Å². The third kappa shape index (κ3) is 3.64. The van der Waals surface area contributed by atoms with Crippen molar-refractivity contribution in [2.75, 3.05) is 11.9 Å². The van der Waals surface area contributed by atoms with Gasteiger partial charge in [-0.25, -0.2) is 4.79 Å². The molecule has 0 fully saturated rings. The molecule has 0 atom stereocenters. The fraction of sp³-hybridized carbons (Fsp3) is 0.0741. The summed E-state index contributed by atoms with van der Waals surface area (Å²) in [5.74, 6) is -0.0120. The van der Waals surface area contributed by atoms with Gasteiger partial charge in [-0.3, -0.25) is 5.32 Å². The zero-order valence-corrected chi connectivity index (χ0v) is 16.8. The number of carbonyl (C=O) groups excluding carboxylic acids is 1. The predicted molar refractivity (Wildman–Crippen MR) is 122 cm³/mol. The number of amides is 1. The van der Waals surface area contributed by atoms with E-state index in [9.17, 15) is 9.90 Å². The van der Waals surface area contributed by atoms with E-state index < -0.39 is 6.09 Å². The highest BCUT2D eigenvalue weighted by Gasteiger charge is 2.29. The van der Waals surface area contributed by atoms with Gasteiger partial charge in [0, 0.05) is 5.92 Å². The number of hydrogen-bond acceptors (Lipinski definition) is 3. The smallest absolute Gasteiger partial charge is 0.411 e. The highest BCUT2D eigenvalue weighted by Crippen LogP contribution is 2.44. The number of rotatable bonds is 4. The summed E-state index contributed by atoms with van der Waals surface area (Å²) in [7, 11) is 0. The second-order valence-electron chi connectivity index (χ2n) is 7.55. The Morgan fingerprint density at radius 1 is 0.774 bits per heavy atom. The van der Waals surface area contributed by atoms with Crippen LogP contribution >= 0.6 is 0 Å². The lowest BCUT2D eigenvalue weighted by atomic mass is 9.98. The van der Waals surface area contributed by atoms with Crippen molar-refractivity contribution in [3.8, 4) is 28.0 Å². The molecule has 1 aliphatic carbocycles. The molecular weight excluding hydrogens is 386 g/mol. The van der Waals surface area contributed by atoms with Crippen molar-refractivity contribution in [2.24, 2.45) is 0 Å². The lowest BCUT2D eigenvalue weighted by Gasteiger charge is -2.15. The minimum Gasteiger partial charge on any atom is -0.506 e. The van der Waals surface area contributed by atoms with Crippen LogP contribution in [0.1, 0.15) is 17.0 Å². The summed E-state index contributed by atoms with van der Waals surface area (Å²) >= 11 is 0. The van der Waals surface area contributed by atoms with E-state index in [1.165, 1.54) is 11.1 Å². The molecule has 0 unspecified atom stereocenters. The summed E-state index contributed by atoms with van der Waals surface area (Å²) in [5.41, 5.74) is 6.86. The van der Waals surface area contributed by atoms with Crippen molar-refractivity contribution in [3.05, 3.63) is 108 Å². The Kier molecular flexibility index (Phi) is 4.89. The van der Waals surface area contributed by atoms with Crippen molar-refractivity contribution >= 4 is 11.8 Å². The first-order chi connectivity index (χ1) is 15.2. The van der Waals surface area contributed by atoms with Crippen LogP contribution in [0.4, 0.5) is 10.5 Å². The van der Waals surface area contributed by atoms with Gasteiger partial charge in [0.25, 0.3) is 0 Å². The maximum Gasteiger partial charge on any atom is 0.411 e. The molecule has 4 nitrogen and oxygen atoms in total. The van der Waals surface area contributed by atoms with Crippen molar-refractivity contribution in [1.29, 1.82) is 0 Å². The van der Waals surface area contributed by atoms with Gasteiger partial charge in [-0.05, 0) is 45.5 Å². The second-order valence-corrected chi connectivity index (χ2v) is 7.55. The highest BCUT2D eigenvalue weighted by molar-refractivity contribution is 5.88. The first-order valence-corrected chi connectivity index (χ1v) is 10.2. The summed E-state index contributed by atoms with van der Waals surface area (Å²) < 4.78 is 5.55. The monoisotopic (exact) mass is 407 g/mol. The zero-order valence-electron chi connectivity index (χ0n) is 16.8. The minimum atomic E-state index is -0.593. The summed E-state index contributed by atoms with van der Waals surface area (Å²) in [6.45, 7) is 0.225. The van der Waals surface area contributed by atoms with Gasteiger partial charge in [-0.1, -0.05) is 84.9 Å². The molecule has 5 rings (SSSR count). The molecule has 0 heterocycles. The number of ether oxygens (including phenoxy) is 1. The molecule has 0 radical (unpaired) electrons. The van der Waals surface area contributed by atoms with Crippen LogP contribution in [0, 0.1) is 0 Å². The Morgan fingerprint density at radius 3 is 2.03 bits per heavy atom. The van der Waals surface area contributed by atoms with Crippen LogP contribution in [0.5, 0.6) is 5.75 Å². The van der Waals surface area contributed by atoms with Crippen LogP contribution in [-0.2, 0) is 4.74 Å². The fourth-order valence-corrected chi connectivity index (χ4v) is 4.19. The van der Waals surface area contributed by atoms with Gasteiger partial charge in [0.1, 0.15) is 12.4 Å². The Balaban J connectivity index is 1.29. The topological polar surface area (TPSA) is 58.6 Å². The van der Waals surface area contributed by atoms with Crippen molar-refractivity contribution < 1.29 is 14.6 Å². The van der Waals surface area contributed by atoms with Crippen LogP contribution < -0.4 is 5.32 Å². The molecule has 4 heteroatoms. The van der Waals surface area contributed by atoms with E-state index in [2.05, 4.69) is 29.6 Å². The lowest BCUT2D eigenvalue weighted by molar-refractivity contribution is 0.158. The fourth-order valence-electron chi connectivity index (χ4n) is 4.19. The number of nitrogens with one attached hydrogen (secondary N) is 1. The number of benzene rings is 4. The summed E-state index contributed by atoms with van der Waals surface area (Å²) in [4.78, 5) is 12.5. The number of phenolic OH excluding ortho intramolecular Hbond substituents is 1. The van der Waals surface area contributed by atoms with Crippen molar-refractivity contribution in [3.63, 3.8) is 0 Å². The number of aromatic hydroxyl groups is 1. The Morgan fingerprint density at radius 2 is 1.39 bits per heavy atom. The van der Waals surface area contributed by atoms with E-state index in [4.69, 9.17) is 4.74 Å². The Labute approximate surface area is 180 Å². The largest absolute Gasteiger partial charge is 0.506 e. The van der Waals surface area contributed by atoms with Crippen LogP contribution in [-0.4, -0.2) is 17.8 Å². The number of hydrogen-bond donors (Lipinski definition) is 2. The van der Waals surface area contributed by atoms with Gasteiger partial charge in [-0.15, -0.1) is 0 Å². The minimum absolute atomic E-state index is 0.00476. The first-order valence-electron chi connectivity index (χ1n) is 10.2. The summed E-state index contributed by atoms with van der Waals surface area (Å²) in [6, 6.07) is 31.3. The maximum atomic E-state index is 12.5. The van der Waals surface area contributed by atoms with E-state index in [0.29, 0.717) is 5.69 Å². The second kappa shape index (κ2) is 8.00. The van der Waals surface area contributed by atoms with Crippen LogP contribution in [0.2, 0.25) is 0 Å². The molecule has 0 aliphatic heterocycles. The molecule has 1 aliphatic rings. The van der Waals surface area contributed by atoms with Crippen molar-refractivity contribution in [2.45, 2.75) is 5.92 Å². The molecular formula is C27H21NO3. The summed E-state index contributed by atoms with van der Waals surface area (Å²) in [6.07, 6.45) is -0.593. The molecule has 0 bridgehead atoms.